The van der Waals surface area contributed by atoms with E-state index < -0.39 is 5.97 Å². The van der Waals surface area contributed by atoms with E-state index in [9.17, 15) is 4.79 Å². The normalized spacial score (nSPS) is 10.8. The highest BCUT2D eigenvalue weighted by Gasteiger charge is 2.07. The first-order chi connectivity index (χ1) is 9.10. The van der Waals surface area contributed by atoms with Gasteiger partial charge in [0.15, 0.2) is 5.82 Å². The SMILES string of the molecule is COc1ccc(-c2ncn(C=CC(=O)O)n2)cc1Cl. The lowest BCUT2D eigenvalue weighted by Gasteiger charge is -2.03. The quantitative estimate of drug-likeness (QED) is 0.868. The molecule has 0 aliphatic rings. The van der Waals surface area contributed by atoms with Gasteiger partial charge in [0.1, 0.15) is 12.1 Å². The Balaban J connectivity index is 2.27. The average Bonchev–Trinajstić information content (AvgIpc) is 2.85. The molecule has 0 bridgehead atoms. The number of halogens is 1. The number of aromatic nitrogens is 3. The Morgan fingerprint density at radius 3 is 2.95 bits per heavy atom. The summed E-state index contributed by atoms with van der Waals surface area (Å²) in [5.41, 5.74) is 0.716. The van der Waals surface area contributed by atoms with Gasteiger partial charge in [-0.3, -0.25) is 0 Å². The van der Waals surface area contributed by atoms with Crippen LogP contribution in [0.1, 0.15) is 0 Å². The standard InChI is InChI=1S/C12H10ClN3O3/c1-19-10-3-2-8(6-9(10)13)12-14-7-16(15-12)5-4-11(17)18/h2-7H,1H3,(H,17,18). The van der Waals surface area contributed by atoms with Crippen LogP contribution in [-0.4, -0.2) is 33.0 Å². The number of nitrogens with zero attached hydrogens (tertiary/aromatic N) is 3. The first-order valence-electron chi connectivity index (χ1n) is 5.26. The van der Waals surface area contributed by atoms with Crippen LogP contribution in [0.15, 0.2) is 30.6 Å². The van der Waals surface area contributed by atoms with Crippen LogP contribution in [0.25, 0.3) is 17.6 Å². The fraction of sp³-hybridized carbons (Fsp3) is 0.0833. The molecule has 1 N–H and O–H groups in total. The topological polar surface area (TPSA) is 77.2 Å². The number of ether oxygens (including phenoxy) is 1. The molecule has 0 amide bonds. The molecular formula is C12H10ClN3O3. The smallest absolute Gasteiger partial charge is 0.329 e. The second-order valence-electron chi connectivity index (χ2n) is 3.55. The zero-order chi connectivity index (χ0) is 13.8. The summed E-state index contributed by atoms with van der Waals surface area (Å²) in [5, 5.41) is 13.1. The molecule has 0 radical (unpaired) electrons. The molecule has 1 aromatic heterocycles. The molecule has 1 aromatic carbocycles. The number of carboxylic acids is 1. The van der Waals surface area contributed by atoms with Crippen LogP contribution < -0.4 is 4.74 Å². The highest BCUT2D eigenvalue weighted by Crippen LogP contribution is 2.28. The van der Waals surface area contributed by atoms with Crippen molar-refractivity contribution >= 4 is 23.8 Å². The van der Waals surface area contributed by atoms with Gasteiger partial charge in [-0.15, -0.1) is 5.10 Å². The predicted octanol–water partition coefficient (Wildman–Crippen LogP) is 2.16. The summed E-state index contributed by atoms with van der Waals surface area (Å²) in [6, 6.07) is 5.16. The van der Waals surface area contributed by atoms with E-state index in [2.05, 4.69) is 10.1 Å². The first kappa shape index (κ1) is 13.1. The summed E-state index contributed by atoms with van der Waals surface area (Å²) >= 11 is 6.01. The molecule has 2 rings (SSSR count). The van der Waals surface area contributed by atoms with E-state index in [4.69, 9.17) is 21.4 Å². The third-order valence-corrected chi connectivity index (χ3v) is 2.58. The molecule has 0 spiro atoms. The van der Waals surface area contributed by atoms with E-state index in [1.165, 1.54) is 24.3 Å². The molecule has 0 atom stereocenters. The lowest BCUT2D eigenvalue weighted by Crippen LogP contribution is -1.92. The van der Waals surface area contributed by atoms with Crippen LogP contribution in [0.2, 0.25) is 5.02 Å². The average molecular weight is 280 g/mol. The highest BCUT2D eigenvalue weighted by atomic mass is 35.5. The van der Waals surface area contributed by atoms with E-state index in [0.29, 0.717) is 22.2 Å². The Labute approximate surface area is 113 Å². The van der Waals surface area contributed by atoms with Gasteiger partial charge in [-0.05, 0) is 18.2 Å². The molecule has 6 nitrogen and oxygen atoms in total. The summed E-state index contributed by atoms with van der Waals surface area (Å²) in [4.78, 5) is 14.5. The minimum absolute atomic E-state index is 0.444. The van der Waals surface area contributed by atoms with Crippen molar-refractivity contribution in [3.05, 3.63) is 35.6 Å². The van der Waals surface area contributed by atoms with Crippen LogP contribution in [-0.2, 0) is 4.79 Å². The largest absolute Gasteiger partial charge is 0.495 e. The van der Waals surface area contributed by atoms with Crippen LogP contribution in [0, 0.1) is 0 Å². The number of carboxylic acid groups (broad SMARTS) is 1. The number of benzene rings is 1. The molecule has 0 fully saturated rings. The minimum atomic E-state index is -1.05. The van der Waals surface area contributed by atoms with Crippen molar-refractivity contribution in [2.75, 3.05) is 7.11 Å². The zero-order valence-corrected chi connectivity index (χ0v) is 10.7. The van der Waals surface area contributed by atoms with E-state index in [1.54, 1.807) is 18.2 Å². The number of hydrogen-bond donors (Lipinski definition) is 1. The maximum Gasteiger partial charge on any atom is 0.329 e. The van der Waals surface area contributed by atoms with E-state index in [0.717, 1.165) is 6.08 Å². The van der Waals surface area contributed by atoms with E-state index in [1.807, 2.05) is 0 Å². The van der Waals surface area contributed by atoms with Gasteiger partial charge in [-0.1, -0.05) is 11.6 Å². The molecule has 0 unspecified atom stereocenters. The maximum atomic E-state index is 10.4. The van der Waals surface area contributed by atoms with Crippen molar-refractivity contribution in [1.29, 1.82) is 0 Å². The molecule has 19 heavy (non-hydrogen) atoms. The Kier molecular flexibility index (Phi) is 3.82. The first-order valence-corrected chi connectivity index (χ1v) is 5.64. The van der Waals surface area contributed by atoms with Crippen LogP contribution in [0.3, 0.4) is 0 Å². The van der Waals surface area contributed by atoms with Gasteiger partial charge in [0.2, 0.25) is 0 Å². The molecule has 0 saturated heterocycles. The summed E-state index contributed by atoms with van der Waals surface area (Å²) < 4.78 is 6.36. The number of rotatable bonds is 4. The van der Waals surface area contributed by atoms with Gasteiger partial charge >= 0.3 is 5.97 Å². The Morgan fingerprint density at radius 1 is 1.53 bits per heavy atom. The molecular weight excluding hydrogens is 270 g/mol. The Morgan fingerprint density at radius 2 is 2.32 bits per heavy atom. The third kappa shape index (κ3) is 3.11. The molecule has 0 saturated carbocycles. The molecule has 7 heteroatoms. The Bertz CT molecular complexity index is 637. The predicted molar refractivity (Wildman–Crippen MR) is 70.0 cm³/mol. The van der Waals surface area contributed by atoms with Gasteiger partial charge in [0.05, 0.1) is 12.1 Å². The van der Waals surface area contributed by atoms with E-state index >= 15 is 0 Å². The van der Waals surface area contributed by atoms with Crippen molar-refractivity contribution in [3.8, 4) is 17.1 Å². The van der Waals surface area contributed by atoms with Crippen LogP contribution >= 0.6 is 11.6 Å². The molecule has 0 aliphatic heterocycles. The van der Waals surface area contributed by atoms with Crippen molar-refractivity contribution in [1.82, 2.24) is 14.8 Å². The fourth-order valence-corrected chi connectivity index (χ4v) is 1.68. The van der Waals surface area contributed by atoms with Crippen molar-refractivity contribution in [2.45, 2.75) is 0 Å². The highest BCUT2D eigenvalue weighted by molar-refractivity contribution is 6.32. The molecule has 2 aromatic rings. The lowest BCUT2D eigenvalue weighted by atomic mass is 10.2. The van der Waals surface area contributed by atoms with E-state index in [-0.39, 0.29) is 0 Å². The van der Waals surface area contributed by atoms with Gasteiger partial charge < -0.3 is 9.84 Å². The zero-order valence-electron chi connectivity index (χ0n) is 9.95. The summed E-state index contributed by atoms with van der Waals surface area (Å²) in [7, 11) is 1.53. The van der Waals surface area contributed by atoms with Crippen molar-refractivity contribution in [3.63, 3.8) is 0 Å². The van der Waals surface area contributed by atoms with Crippen molar-refractivity contribution < 1.29 is 14.6 Å². The minimum Gasteiger partial charge on any atom is -0.495 e. The summed E-state index contributed by atoms with van der Waals surface area (Å²) in [6.45, 7) is 0. The second-order valence-corrected chi connectivity index (χ2v) is 3.96. The fourth-order valence-electron chi connectivity index (χ4n) is 1.42. The van der Waals surface area contributed by atoms with Crippen LogP contribution in [0.4, 0.5) is 0 Å². The lowest BCUT2D eigenvalue weighted by molar-refractivity contribution is -0.131. The number of hydrogen-bond acceptors (Lipinski definition) is 4. The number of carbonyl (C=O) groups is 1. The summed E-state index contributed by atoms with van der Waals surface area (Å²) in [6.07, 6.45) is 3.68. The maximum absolute atomic E-state index is 10.4. The third-order valence-electron chi connectivity index (χ3n) is 2.29. The molecule has 1 heterocycles. The van der Waals surface area contributed by atoms with Gasteiger partial charge in [0.25, 0.3) is 0 Å². The van der Waals surface area contributed by atoms with Gasteiger partial charge in [-0.2, -0.15) is 0 Å². The number of methoxy groups -OCH3 is 1. The monoisotopic (exact) mass is 279 g/mol. The van der Waals surface area contributed by atoms with Gasteiger partial charge in [0, 0.05) is 17.8 Å². The second kappa shape index (κ2) is 5.53. The number of aliphatic carboxylic acids is 1. The molecule has 98 valence electrons. The summed E-state index contributed by atoms with van der Waals surface area (Å²) in [5.74, 6) is -0.0419. The Hall–Kier alpha value is -2.34. The van der Waals surface area contributed by atoms with Crippen molar-refractivity contribution in [2.24, 2.45) is 0 Å². The van der Waals surface area contributed by atoms with Crippen LogP contribution in [0.5, 0.6) is 5.75 Å². The molecule has 0 aliphatic carbocycles. The van der Waals surface area contributed by atoms with Gasteiger partial charge in [-0.25, -0.2) is 14.5 Å².